The molecule has 0 saturated heterocycles. The van der Waals surface area contributed by atoms with Crippen molar-refractivity contribution in [1.29, 1.82) is 0 Å². The molecule has 0 aliphatic carbocycles. The molecule has 3 N–H and O–H groups in total. The van der Waals surface area contributed by atoms with Gasteiger partial charge in [-0.3, -0.25) is 9.59 Å². The first kappa shape index (κ1) is 23.2. The summed E-state index contributed by atoms with van der Waals surface area (Å²) < 4.78 is 17.3. The standard InChI is InChI=1S/C21H24BrN3O5/c1-3-9-29-18-7-5-14(11-19(18)28-4-2)21(27)25-24-12-15-10-16(22)6-8-17(15)30-13-20(23)26/h5-8,10-12H,3-4,9,13H2,1-2H3,(H2,23,26)(H,25,27)/b24-12+. The van der Waals surface area contributed by atoms with Crippen LogP contribution in [0.2, 0.25) is 0 Å². The van der Waals surface area contributed by atoms with Gasteiger partial charge in [-0.15, -0.1) is 0 Å². The van der Waals surface area contributed by atoms with E-state index in [9.17, 15) is 9.59 Å². The average molecular weight is 478 g/mol. The molecular weight excluding hydrogens is 454 g/mol. The molecule has 2 aromatic rings. The van der Waals surface area contributed by atoms with E-state index in [-0.39, 0.29) is 6.61 Å². The third-order valence-electron chi connectivity index (χ3n) is 3.68. The van der Waals surface area contributed by atoms with Crippen LogP contribution in [0.3, 0.4) is 0 Å². The van der Waals surface area contributed by atoms with Crippen LogP contribution in [0.4, 0.5) is 0 Å². The van der Waals surface area contributed by atoms with Crippen LogP contribution in [0.25, 0.3) is 0 Å². The molecule has 0 heterocycles. The maximum Gasteiger partial charge on any atom is 0.271 e. The number of nitrogens with one attached hydrogen (secondary N) is 1. The van der Waals surface area contributed by atoms with Gasteiger partial charge in [-0.25, -0.2) is 5.43 Å². The molecule has 2 amide bonds. The number of hydrazone groups is 1. The lowest BCUT2D eigenvalue weighted by Gasteiger charge is -2.12. The minimum Gasteiger partial charge on any atom is -0.490 e. The van der Waals surface area contributed by atoms with E-state index in [4.69, 9.17) is 19.9 Å². The molecule has 2 aromatic carbocycles. The SMILES string of the molecule is CCCOc1ccc(C(=O)N/N=C/c2cc(Br)ccc2OCC(N)=O)cc1OCC. The summed E-state index contributed by atoms with van der Waals surface area (Å²) in [7, 11) is 0. The summed E-state index contributed by atoms with van der Waals surface area (Å²) >= 11 is 3.36. The number of benzene rings is 2. The maximum absolute atomic E-state index is 12.5. The Morgan fingerprint density at radius 1 is 1.07 bits per heavy atom. The monoisotopic (exact) mass is 477 g/mol. The molecule has 0 radical (unpaired) electrons. The second kappa shape index (κ2) is 11.8. The number of amides is 2. The molecule has 160 valence electrons. The number of rotatable bonds is 11. The lowest BCUT2D eigenvalue weighted by Crippen LogP contribution is -2.20. The largest absolute Gasteiger partial charge is 0.490 e. The van der Waals surface area contributed by atoms with Crippen molar-refractivity contribution < 1.29 is 23.8 Å². The highest BCUT2D eigenvalue weighted by molar-refractivity contribution is 9.10. The summed E-state index contributed by atoms with van der Waals surface area (Å²) in [5.41, 5.74) is 8.51. The predicted molar refractivity (Wildman–Crippen MR) is 117 cm³/mol. The first-order chi connectivity index (χ1) is 14.4. The van der Waals surface area contributed by atoms with Crippen LogP contribution in [0.1, 0.15) is 36.2 Å². The summed E-state index contributed by atoms with van der Waals surface area (Å²) in [6, 6.07) is 10.1. The summed E-state index contributed by atoms with van der Waals surface area (Å²) in [5.74, 6) is 0.487. The summed E-state index contributed by atoms with van der Waals surface area (Å²) in [6.45, 7) is 4.61. The number of carbonyl (C=O) groups excluding carboxylic acids is 2. The Balaban J connectivity index is 2.11. The summed E-state index contributed by atoms with van der Waals surface area (Å²) in [6.07, 6.45) is 2.28. The highest BCUT2D eigenvalue weighted by Crippen LogP contribution is 2.28. The van der Waals surface area contributed by atoms with E-state index in [2.05, 4.69) is 26.5 Å². The zero-order valence-electron chi connectivity index (χ0n) is 16.8. The molecule has 0 atom stereocenters. The molecular formula is C21H24BrN3O5. The fourth-order valence-electron chi connectivity index (χ4n) is 2.37. The van der Waals surface area contributed by atoms with Crippen LogP contribution >= 0.6 is 15.9 Å². The number of hydrogen-bond acceptors (Lipinski definition) is 6. The molecule has 0 spiro atoms. The molecule has 8 nitrogen and oxygen atoms in total. The van der Waals surface area contributed by atoms with Crippen molar-refractivity contribution >= 4 is 34.0 Å². The second-order valence-electron chi connectivity index (χ2n) is 6.08. The van der Waals surface area contributed by atoms with Crippen LogP contribution in [0.5, 0.6) is 17.2 Å². The number of hydrogen-bond donors (Lipinski definition) is 2. The second-order valence-corrected chi connectivity index (χ2v) is 6.99. The molecule has 0 bridgehead atoms. The van der Waals surface area contributed by atoms with Crippen molar-refractivity contribution in [3.63, 3.8) is 0 Å². The van der Waals surface area contributed by atoms with Gasteiger partial charge in [-0.2, -0.15) is 5.10 Å². The van der Waals surface area contributed by atoms with Gasteiger partial charge < -0.3 is 19.9 Å². The van der Waals surface area contributed by atoms with Crippen molar-refractivity contribution in [2.24, 2.45) is 10.8 Å². The minimum atomic E-state index is -0.592. The molecule has 0 aliphatic heterocycles. The Morgan fingerprint density at radius 3 is 2.53 bits per heavy atom. The van der Waals surface area contributed by atoms with Gasteiger partial charge in [-0.1, -0.05) is 22.9 Å². The smallest absolute Gasteiger partial charge is 0.271 e. The quantitative estimate of drug-likeness (QED) is 0.380. The predicted octanol–water partition coefficient (Wildman–Crippen LogP) is 3.26. The Kier molecular flexibility index (Phi) is 9.14. The third-order valence-corrected chi connectivity index (χ3v) is 4.17. The number of halogens is 1. The number of ether oxygens (including phenoxy) is 3. The van der Waals surface area contributed by atoms with Crippen molar-refractivity contribution in [2.75, 3.05) is 19.8 Å². The van der Waals surface area contributed by atoms with Crippen molar-refractivity contribution in [2.45, 2.75) is 20.3 Å². The lowest BCUT2D eigenvalue weighted by atomic mass is 10.2. The zero-order valence-corrected chi connectivity index (χ0v) is 18.4. The summed E-state index contributed by atoms with van der Waals surface area (Å²) in [4.78, 5) is 23.4. The van der Waals surface area contributed by atoms with E-state index in [1.807, 2.05) is 13.8 Å². The van der Waals surface area contributed by atoms with E-state index in [0.717, 1.165) is 10.9 Å². The normalized spacial score (nSPS) is 10.6. The fourth-order valence-corrected chi connectivity index (χ4v) is 2.75. The van der Waals surface area contributed by atoms with Gasteiger partial charge in [0.1, 0.15) is 5.75 Å². The fraction of sp³-hybridized carbons (Fsp3) is 0.286. The highest BCUT2D eigenvalue weighted by atomic mass is 79.9. The Hall–Kier alpha value is -3.07. The van der Waals surface area contributed by atoms with Gasteiger partial charge in [0.15, 0.2) is 18.1 Å². The number of nitrogens with zero attached hydrogens (tertiary/aromatic N) is 1. The zero-order chi connectivity index (χ0) is 21.9. The van der Waals surface area contributed by atoms with Gasteiger partial charge in [0.05, 0.1) is 19.4 Å². The highest BCUT2D eigenvalue weighted by Gasteiger charge is 2.11. The topological polar surface area (TPSA) is 112 Å². The van der Waals surface area contributed by atoms with Gasteiger partial charge in [0.2, 0.25) is 0 Å². The lowest BCUT2D eigenvalue weighted by molar-refractivity contribution is -0.119. The Morgan fingerprint density at radius 2 is 1.83 bits per heavy atom. The molecule has 2 rings (SSSR count). The Bertz CT molecular complexity index is 918. The van der Waals surface area contributed by atoms with Crippen molar-refractivity contribution in [3.8, 4) is 17.2 Å². The van der Waals surface area contributed by atoms with Crippen molar-refractivity contribution in [1.82, 2.24) is 5.43 Å². The van der Waals surface area contributed by atoms with Crippen LogP contribution < -0.4 is 25.4 Å². The molecule has 30 heavy (non-hydrogen) atoms. The molecule has 0 saturated carbocycles. The molecule has 0 unspecified atom stereocenters. The van der Waals surface area contributed by atoms with Gasteiger partial charge >= 0.3 is 0 Å². The third kappa shape index (κ3) is 7.07. The van der Waals surface area contributed by atoms with Crippen LogP contribution in [0, 0.1) is 0 Å². The van der Waals surface area contributed by atoms with Gasteiger partial charge in [-0.05, 0) is 49.7 Å². The van der Waals surface area contributed by atoms with E-state index >= 15 is 0 Å². The van der Waals surface area contributed by atoms with Gasteiger partial charge in [0.25, 0.3) is 11.8 Å². The summed E-state index contributed by atoms with van der Waals surface area (Å²) in [5, 5.41) is 3.98. The Labute approximate surface area is 183 Å². The van der Waals surface area contributed by atoms with E-state index in [1.165, 1.54) is 6.21 Å². The number of primary amides is 1. The first-order valence-electron chi connectivity index (χ1n) is 9.38. The van der Waals surface area contributed by atoms with Crippen LogP contribution in [0.15, 0.2) is 46.0 Å². The molecule has 0 aromatic heterocycles. The molecule has 0 aliphatic rings. The number of carbonyl (C=O) groups is 2. The van der Waals surface area contributed by atoms with E-state index in [1.54, 1.807) is 36.4 Å². The number of nitrogens with two attached hydrogens (primary N) is 1. The molecule has 0 fully saturated rings. The molecule has 9 heteroatoms. The minimum absolute atomic E-state index is 0.262. The first-order valence-corrected chi connectivity index (χ1v) is 10.2. The van der Waals surface area contributed by atoms with Crippen LogP contribution in [-0.4, -0.2) is 37.8 Å². The maximum atomic E-state index is 12.5. The van der Waals surface area contributed by atoms with Crippen molar-refractivity contribution in [3.05, 3.63) is 52.0 Å². The van der Waals surface area contributed by atoms with E-state index in [0.29, 0.717) is 41.6 Å². The van der Waals surface area contributed by atoms with E-state index < -0.39 is 11.8 Å². The van der Waals surface area contributed by atoms with Crippen LogP contribution in [-0.2, 0) is 4.79 Å². The average Bonchev–Trinajstić information content (AvgIpc) is 2.72. The van der Waals surface area contributed by atoms with Gasteiger partial charge in [0, 0.05) is 15.6 Å².